The van der Waals surface area contributed by atoms with E-state index in [1.165, 1.54) is 11.8 Å². The van der Waals surface area contributed by atoms with Crippen LogP contribution in [0.2, 0.25) is 0 Å². The van der Waals surface area contributed by atoms with Crippen LogP contribution in [-0.4, -0.2) is 27.3 Å². The minimum atomic E-state index is -0.491. The zero-order valence-electron chi connectivity index (χ0n) is 18.5. The summed E-state index contributed by atoms with van der Waals surface area (Å²) >= 11 is 1.26. The lowest BCUT2D eigenvalue weighted by atomic mass is 10.2. The van der Waals surface area contributed by atoms with E-state index < -0.39 is 5.25 Å². The molecule has 168 valence electrons. The third-order valence-electron chi connectivity index (χ3n) is 5.11. The summed E-state index contributed by atoms with van der Waals surface area (Å²) in [6.45, 7) is 4.58. The molecule has 33 heavy (non-hydrogen) atoms. The quantitative estimate of drug-likeness (QED) is 0.298. The van der Waals surface area contributed by atoms with Gasteiger partial charge in [0.1, 0.15) is 5.75 Å². The molecule has 0 aliphatic carbocycles. The third-order valence-corrected chi connectivity index (χ3v) is 6.20. The maximum atomic E-state index is 13.3. The number of carbonyl (C=O) groups excluding carboxylic acids is 1. The van der Waals surface area contributed by atoms with Gasteiger partial charge in [-0.2, -0.15) is 0 Å². The monoisotopic (exact) mass is 459 g/mol. The number of rotatable bonds is 8. The third kappa shape index (κ3) is 5.26. The van der Waals surface area contributed by atoms with Crippen molar-refractivity contribution in [2.24, 2.45) is 0 Å². The van der Waals surface area contributed by atoms with E-state index in [4.69, 9.17) is 9.72 Å². The predicted octanol–water partition coefficient (Wildman–Crippen LogP) is 4.96. The van der Waals surface area contributed by atoms with E-state index in [0.717, 1.165) is 5.56 Å². The van der Waals surface area contributed by atoms with Gasteiger partial charge in [0.05, 0.1) is 35.0 Å². The fraction of sp³-hybridized carbons (Fsp3) is 0.192. The van der Waals surface area contributed by atoms with Gasteiger partial charge >= 0.3 is 0 Å². The molecule has 3 aromatic carbocycles. The molecule has 0 radical (unpaired) electrons. The second-order valence-corrected chi connectivity index (χ2v) is 8.77. The molecule has 1 heterocycles. The highest BCUT2D eigenvalue weighted by atomic mass is 32.2. The Morgan fingerprint density at radius 1 is 1.03 bits per heavy atom. The molecule has 0 spiro atoms. The summed E-state index contributed by atoms with van der Waals surface area (Å²) in [5, 5.41) is 3.50. The molecule has 0 saturated carbocycles. The van der Waals surface area contributed by atoms with Crippen molar-refractivity contribution < 1.29 is 9.53 Å². The van der Waals surface area contributed by atoms with Crippen molar-refractivity contribution in [3.8, 4) is 5.75 Å². The van der Waals surface area contributed by atoms with Crippen molar-refractivity contribution >= 4 is 34.3 Å². The van der Waals surface area contributed by atoms with Crippen molar-refractivity contribution in [1.82, 2.24) is 9.55 Å². The number of fused-ring (bicyclic) bond motifs is 1. The lowest BCUT2D eigenvalue weighted by Crippen LogP contribution is -2.27. The molecule has 1 amide bonds. The molecule has 4 rings (SSSR count). The van der Waals surface area contributed by atoms with Gasteiger partial charge in [-0.25, -0.2) is 4.98 Å². The van der Waals surface area contributed by atoms with Crippen LogP contribution in [0.25, 0.3) is 10.9 Å². The van der Waals surface area contributed by atoms with Crippen molar-refractivity contribution in [2.45, 2.75) is 30.8 Å². The number of carbonyl (C=O) groups is 1. The Morgan fingerprint density at radius 3 is 2.52 bits per heavy atom. The van der Waals surface area contributed by atoms with Crippen LogP contribution in [0.3, 0.4) is 0 Å². The van der Waals surface area contributed by atoms with Gasteiger partial charge in [-0.05, 0) is 43.7 Å². The number of hydrogen-bond donors (Lipinski definition) is 1. The van der Waals surface area contributed by atoms with E-state index in [-0.39, 0.29) is 11.5 Å². The molecule has 0 aliphatic heterocycles. The van der Waals surface area contributed by atoms with Crippen molar-refractivity contribution in [3.63, 3.8) is 0 Å². The number of benzene rings is 3. The maximum Gasteiger partial charge on any atom is 0.262 e. The van der Waals surface area contributed by atoms with Crippen molar-refractivity contribution in [2.75, 3.05) is 11.9 Å². The standard InChI is InChI=1S/C26H25N3O3S/c1-3-32-23-16-10-9-15-22(23)27-24(30)18(2)33-26-28-21-14-8-7-13-20(21)25(31)29(26)17-19-11-5-4-6-12-19/h4-16,18H,3,17H2,1-2H3,(H,27,30). The molecule has 1 atom stereocenters. The van der Waals surface area contributed by atoms with Crippen LogP contribution in [0.1, 0.15) is 19.4 Å². The second kappa shape index (κ2) is 10.4. The van der Waals surface area contributed by atoms with E-state index in [1.54, 1.807) is 23.6 Å². The minimum absolute atomic E-state index is 0.124. The summed E-state index contributed by atoms with van der Waals surface area (Å²) in [6.07, 6.45) is 0. The van der Waals surface area contributed by atoms with Crippen LogP contribution in [0.5, 0.6) is 5.75 Å². The van der Waals surface area contributed by atoms with Crippen LogP contribution < -0.4 is 15.6 Å². The number of thioether (sulfide) groups is 1. The summed E-state index contributed by atoms with van der Waals surface area (Å²) in [5.74, 6) is 0.427. The molecule has 1 unspecified atom stereocenters. The van der Waals surface area contributed by atoms with Crippen LogP contribution in [0.4, 0.5) is 5.69 Å². The van der Waals surface area contributed by atoms with E-state index in [1.807, 2.05) is 73.7 Å². The Hall–Kier alpha value is -3.58. The summed E-state index contributed by atoms with van der Waals surface area (Å²) in [6, 6.07) is 24.4. The SMILES string of the molecule is CCOc1ccccc1NC(=O)C(C)Sc1nc2ccccc2c(=O)n1Cc1ccccc1. The van der Waals surface area contributed by atoms with Crippen molar-refractivity contribution in [3.05, 3.63) is 94.8 Å². The lowest BCUT2D eigenvalue weighted by Gasteiger charge is -2.17. The Kier molecular flexibility index (Phi) is 7.10. The van der Waals surface area contributed by atoms with Gasteiger partial charge in [-0.3, -0.25) is 14.2 Å². The Balaban J connectivity index is 1.64. The Morgan fingerprint density at radius 2 is 1.73 bits per heavy atom. The highest BCUT2D eigenvalue weighted by molar-refractivity contribution is 8.00. The smallest absolute Gasteiger partial charge is 0.262 e. The predicted molar refractivity (Wildman–Crippen MR) is 133 cm³/mol. The highest BCUT2D eigenvalue weighted by Crippen LogP contribution is 2.27. The summed E-state index contributed by atoms with van der Waals surface area (Å²) < 4.78 is 7.25. The van der Waals surface area contributed by atoms with E-state index in [2.05, 4.69) is 5.32 Å². The number of amides is 1. The van der Waals surface area contributed by atoms with Crippen molar-refractivity contribution in [1.29, 1.82) is 0 Å². The molecule has 1 aromatic heterocycles. The minimum Gasteiger partial charge on any atom is -0.492 e. The first kappa shape index (κ1) is 22.6. The number of nitrogens with one attached hydrogen (secondary N) is 1. The summed E-state index contributed by atoms with van der Waals surface area (Å²) in [7, 11) is 0. The normalized spacial score (nSPS) is 11.8. The lowest BCUT2D eigenvalue weighted by molar-refractivity contribution is -0.115. The molecule has 0 fully saturated rings. The molecule has 6 nitrogen and oxygen atoms in total. The molecule has 0 bridgehead atoms. The van der Waals surface area contributed by atoms with Gasteiger partial charge < -0.3 is 10.1 Å². The zero-order chi connectivity index (χ0) is 23.2. The second-order valence-electron chi connectivity index (χ2n) is 7.47. The fourth-order valence-electron chi connectivity index (χ4n) is 3.44. The average Bonchev–Trinajstić information content (AvgIpc) is 2.83. The molecular formula is C26H25N3O3S. The first-order chi connectivity index (χ1) is 16.1. The number of anilines is 1. The largest absolute Gasteiger partial charge is 0.492 e. The molecular weight excluding hydrogens is 434 g/mol. The van der Waals surface area contributed by atoms with Gasteiger partial charge in [0.2, 0.25) is 5.91 Å². The van der Waals surface area contributed by atoms with Gasteiger partial charge in [0.15, 0.2) is 5.16 Å². The maximum absolute atomic E-state index is 13.3. The van der Waals surface area contributed by atoms with Crippen LogP contribution in [0.15, 0.2) is 88.8 Å². The van der Waals surface area contributed by atoms with Crippen LogP contribution in [0, 0.1) is 0 Å². The average molecular weight is 460 g/mol. The van der Waals surface area contributed by atoms with Crippen LogP contribution >= 0.6 is 11.8 Å². The number of para-hydroxylation sites is 3. The Bertz CT molecular complexity index is 1320. The van der Waals surface area contributed by atoms with E-state index >= 15 is 0 Å². The molecule has 4 aromatic rings. The van der Waals surface area contributed by atoms with Gasteiger partial charge in [0, 0.05) is 0 Å². The van der Waals surface area contributed by atoms with Gasteiger partial charge in [-0.1, -0.05) is 66.4 Å². The summed E-state index contributed by atoms with van der Waals surface area (Å²) in [5.41, 5.74) is 2.09. The first-order valence-corrected chi connectivity index (χ1v) is 11.7. The topological polar surface area (TPSA) is 73.2 Å². The molecule has 7 heteroatoms. The van der Waals surface area contributed by atoms with E-state index in [0.29, 0.717) is 40.6 Å². The van der Waals surface area contributed by atoms with Gasteiger partial charge in [-0.15, -0.1) is 0 Å². The zero-order valence-corrected chi connectivity index (χ0v) is 19.3. The first-order valence-electron chi connectivity index (χ1n) is 10.8. The number of ether oxygens (including phenoxy) is 1. The molecule has 1 N–H and O–H groups in total. The Labute approximate surface area is 196 Å². The highest BCUT2D eigenvalue weighted by Gasteiger charge is 2.20. The van der Waals surface area contributed by atoms with Gasteiger partial charge in [0.25, 0.3) is 5.56 Å². The molecule has 0 aliphatic rings. The fourth-order valence-corrected chi connectivity index (χ4v) is 4.35. The number of aromatic nitrogens is 2. The van der Waals surface area contributed by atoms with Crippen LogP contribution in [-0.2, 0) is 11.3 Å². The molecule has 0 saturated heterocycles. The van der Waals surface area contributed by atoms with E-state index in [9.17, 15) is 9.59 Å². The summed E-state index contributed by atoms with van der Waals surface area (Å²) in [4.78, 5) is 31.0. The number of hydrogen-bond acceptors (Lipinski definition) is 5. The number of nitrogens with zero attached hydrogens (tertiary/aromatic N) is 2.